The smallest absolute Gasteiger partial charge is 0.227 e. The summed E-state index contributed by atoms with van der Waals surface area (Å²) in [7, 11) is 0. The van der Waals surface area contributed by atoms with E-state index < -0.39 is 0 Å². The number of fused-ring (bicyclic) bond motifs is 3. The predicted octanol–water partition coefficient (Wildman–Crippen LogP) is 4.79. The first kappa shape index (κ1) is 24.0. The Morgan fingerprint density at radius 1 is 0.943 bits per heavy atom. The number of anilines is 1. The molecule has 2 heterocycles. The van der Waals surface area contributed by atoms with Crippen LogP contribution in [-0.4, -0.2) is 53.3 Å². The third-order valence-corrected chi connectivity index (χ3v) is 7.94. The summed E-state index contributed by atoms with van der Waals surface area (Å²) in [6.07, 6.45) is 7.21. The number of amides is 2. The second-order valence-corrected chi connectivity index (χ2v) is 10.5. The number of hydrogen-bond donors (Lipinski definition) is 0. The van der Waals surface area contributed by atoms with Crippen molar-refractivity contribution in [3.05, 3.63) is 65.5 Å². The maximum atomic E-state index is 13.7. The summed E-state index contributed by atoms with van der Waals surface area (Å²) in [6.45, 7) is 4.60. The molecule has 186 valence electrons. The zero-order chi connectivity index (χ0) is 24.4. The van der Waals surface area contributed by atoms with Crippen molar-refractivity contribution in [3.63, 3.8) is 0 Å². The number of para-hydroxylation sites is 1. The summed E-state index contributed by atoms with van der Waals surface area (Å²) in [5.41, 5.74) is 2.73. The Morgan fingerprint density at radius 3 is 2.43 bits per heavy atom. The van der Waals surface area contributed by atoms with Gasteiger partial charge in [-0.05, 0) is 67.3 Å². The van der Waals surface area contributed by atoms with Crippen molar-refractivity contribution in [1.29, 1.82) is 0 Å². The van der Waals surface area contributed by atoms with Crippen LogP contribution in [0.15, 0.2) is 48.5 Å². The van der Waals surface area contributed by atoms with Crippen LogP contribution in [0.1, 0.15) is 56.6 Å². The summed E-state index contributed by atoms with van der Waals surface area (Å²) in [4.78, 5) is 33.0. The Kier molecular flexibility index (Phi) is 7.19. The Hall–Kier alpha value is -2.73. The average molecular weight is 478 g/mol. The molecule has 0 aromatic heterocycles. The van der Waals surface area contributed by atoms with Crippen molar-refractivity contribution in [2.24, 2.45) is 5.92 Å². The van der Waals surface area contributed by atoms with E-state index >= 15 is 0 Å². The molecule has 2 aromatic carbocycles. The Morgan fingerprint density at radius 2 is 1.69 bits per heavy atom. The summed E-state index contributed by atoms with van der Waals surface area (Å²) in [5.74, 6) is 0.571. The molecule has 2 aromatic rings. The fraction of sp³-hybridized carbons (Fsp3) is 0.517. The first-order chi connectivity index (χ1) is 17.0. The maximum Gasteiger partial charge on any atom is 0.227 e. The molecule has 5 nitrogen and oxygen atoms in total. The molecule has 1 aliphatic carbocycles. The van der Waals surface area contributed by atoms with Gasteiger partial charge in [0.1, 0.15) is 5.82 Å². The van der Waals surface area contributed by atoms with E-state index in [-0.39, 0.29) is 24.1 Å². The van der Waals surface area contributed by atoms with E-state index in [9.17, 15) is 14.0 Å². The highest BCUT2D eigenvalue weighted by Crippen LogP contribution is 2.36. The number of nitrogens with zero attached hydrogens (tertiary/aromatic N) is 3. The van der Waals surface area contributed by atoms with E-state index in [0.717, 1.165) is 55.0 Å². The van der Waals surface area contributed by atoms with Crippen LogP contribution >= 0.6 is 0 Å². The first-order valence-electron chi connectivity index (χ1n) is 13.1. The highest BCUT2D eigenvalue weighted by molar-refractivity contribution is 5.92. The van der Waals surface area contributed by atoms with E-state index in [4.69, 9.17) is 0 Å². The molecule has 2 unspecified atom stereocenters. The molecule has 0 radical (unpaired) electrons. The summed E-state index contributed by atoms with van der Waals surface area (Å²) < 4.78 is 13.4. The minimum absolute atomic E-state index is 0.0435. The van der Waals surface area contributed by atoms with Gasteiger partial charge in [0.05, 0.1) is 6.42 Å². The van der Waals surface area contributed by atoms with Crippen molar-refractivity contribution in [3.8, 4) is 0 Å². The lowest BCUT2D eigenvalue weighted by molar-refractivity contribution is -0.132. The van der Waals surface area contributed by atoms with Gasteiger partial charge in [-0.2, -0.15) is 0 Å². The van der Waals surface area contributed by atoms with Crippen molar-refractivity contribution < 1.29 is 14.0 Å². The second kappa shape index (κ2) is 10.5. The van der Waals surface area contributed by atoms with Gasteiger partial charge in [-0.15, -0.1) is 0 Å². The zero-order valence-electron chi connectivity index (χ0n) is 20.7. The minimum Gasteiger partial charge on any atom is -0.336 e. The summed E-state index contributed by atoms with van der Waals surface area (Å²) >= 11 is 0. The van der Waals surface area contributed by atoms with Gasteiger partial charge in [-0.1, -0.05) is 36.8 Å². The molecule has 1 saturated carbocycles. The molecule has 2 fully saturated rings. The highest BCUT2D eigenvalue weighted by Gasteiger charge is 2.37. The fourth-order valence-corrected chi connectivity index (χ4v) is 5.86. The lowest BCUT2D eigenvalue weighted by atomic mass is 9.92. The normalized spacial score (nSPS) is 23.4. The van der Waals surface area contributed by atoms with Gasteiger partial charge in [0.25, 0.3) is 0 Å². The van der Waals surface area contributed by atoms with E-state index in [1.165, 1.54) is 25.0 Å². The van der Waals surface area contributed by atoms with Crippen molar-refractivity contribution in [2.45, 2.75) is 70.5 Å². The van der Waals surface area contributed by atoms with Crippen LogP contribution < -0.4 is 4.90 Å². The zero-order valence-corrected chi connectivity index (χ0v) is 20.7. The number of piperidine rings is 1. The minimum atomic E-state index is -0.293. The predicted molar refractivity (Wildman–Crippen MR) is 135 cm³/mol. The summed E-state index contributed by atoms with van der Waals surface area (Å²) in [6, 6.07) is 15.0. The molecule has 2 atom stereocenters. The fourth-order valence-electron chi connectivity index (χ4n) is 5.86. The molecular weight excluding hydrogens is 441 g/mol. The van der Waals surface area contributed by atoms with Gasteiger partial charge < -0.3 is 9.80 Å². The molecule has 6 heteroatoms. The van der Waals surface area contributed by atoms with Crippen LogP contribution in [0.2, 0.25) is 0 Å². The van der Waals surface area contributed by atoms with E-state index in [1.807, 2.05) is 34.1 Å². The summed E-state index contributed by atoms with van der Waals surface area (Å²) in [5, 5.41) is 0. The molecule has 2 amide bonds. The third kappa shape index (κ3) is 5.75. The maximum absolute atomic E-state index is 13.7. The van der Waals surface area contributed by atoms with Gasteiger partial charge in [-0.25, -0.2) is 4.39 Å². The van der Waals surface area contributed by atoms with Gasteiger partial charge >= 0.3 is 0 Å². The lowest BCUT2D eigenvalue weighted by Crippen LogP contribution is -2.53. The SMILES string of the molecule is CC(=O)N1CCC2CCCC(CN(C(=O)Cc3ccc(F)cc3)Cc3ccccc31)N2CC1CC1. The van der Waals surface area contributed by atoms with Gasteiger partial charge in [0.2, 0.25) is 11.8 Å². The number of rotatable bonds is 4. The average Bonchev–Trinajstić information content (AvgIpc) is 3.66. The van der Waals surface area contributed by atoms with E-state index in [2.05, 4.69) is 4.90 Å². The largest absolute Gasteiger partial charge is 0.336 e. The van der Waals surface area contributed by atoms with Gasteiger partial charge in [0.15, 0.2) is 0 Å². The third-order valence-electron chi connectivity index (χ3n) is 7.94. The lowest BCUT2D eigenvalue weighted by Gasteiger charge is -2.44. The molecule has 2 aliphatic heterocycles. The number of benzene rings is 2. The van der Waals surface area contributed by atoms with E-state index in [1.54, 1.807) is 19.1 Å². The van der Waals surface area contributed by atoms with Crippen molar-refractivity contribution >= 4 is 17.5 Å². The highest BCUT2D eigenvalue weighted by atomic mass is 19.1. The molecule has 1 saturated heterocycles. The van der Waals surface area contributed by atoms with Gasteiger partial charge in [-0.3, -0.25) is 14.5 Å². The monoisotopic (exact) mass is 477 g/mol. The van der Waals surface area contributed by atoms with Crippen LogP contribution in [-0.2, 0) is 22.6 Å². The molecule has 0 spiro atoms. The molecule has 35 heavy (non-hydrogen) atoms. The molecule has 2 bridgehead atoms. The van der Waals surface area contributed by atoms with Gasteiger partial charge in [0, 0.05) is 50.9 Å². The Balaban J connectivity index is 1.49. The first-order valence-corrected chi connectivity index (χ1v) is 13.1. The Bertz CT molecular complexity index is 1050. The van der Waals surface area contributed by atoms with E-state index in [0.29, 0.717) is 31.7 Å². The van der Waals surface area contributed by atoms with Crippen LogP contribution in [0.25, 0.3) is 0 Å². The molecular formula is C29H36FN3O2. The molecule has 0 N–H and O–H groups in total. The topological polar surface area (TPSA) is 43.9 Å². The van der Waals surface area contributed by atoms with Crippen molar-refractivity contribution in [1.82, 2.24) is 9.80 Å². The van der Waals surface area contributed by atoms with Crippen molar-refractivity contribution in [2.75, 3.05) is 24.5 Å². The molecule has 3 aliphatic rings. The quantitative estimate of drug-likeness (QED) is 0.636. The van der Waals surface area contributed by atoms with Crippen LogP contribution in [0.5, 0.6) is 0 Å². The molecule has 5 rings (SSSR count). The van der Waals surface area contributed by atoms with Crippen LogP contribution in [0.3, 0.4) is 0 Å². The van der Waals surface area contributed by atoms with Crippen LogP contribution in [0, 0.1) is 11.7 Å². The number of carbonyl (C=O) groups excluding carboxylic acids is 2. The van der Waals surface area contributed by atoms with Crippen LogP contribution in [0.4, 0.5) is 10.1 Å². The number of carbonyl (C=O) groups is 2. The number of halogens is 1. The Labute approximate surface area is 207 Å². The number of hydrogen-bond acceptors (Lipinski definition) is 3. The standard InChI is InChI=1S/C29H36FN3O2/c1-21(34)32-16-15-26-6-4-7-27(33(26)18-23-9-10-23)20-31(19-24-5-2-3-8-28(24)32)29(35)17-22-11-13-25(30)14-12-22/h2-3,5,8,11-14,23,26-27H,4,6-7,9-10,15-20H2,1H3. The second-order valence-electron chi connectivity index (χ2n) is 10.5.